The predicted octanol–water partition coefficient (Wildman–Crippen LogP) is 1.94. The Morgan fingerprint density at radius 2 is 1.88 bits per heavy atom. The number of carbonyl (C=O) groups is 2. The lowest BCUT2D eigenvalue weighted by atomic mass is 10.0. The number of hydrogen-bond acceptors (Lipinski definition) is 4. The first-order chi connectivity index (χ1) is 12.3. The van der Waals surface area contributed by atoms with Gasteiger partial charge in [-0.25, -0.2) is 13.2 Å². The van der Waals surface area contributed by atoms with E-state index in [4.69, 9.17) is 5.11 Å². The van der Waals surface area contributed by atoms with Crippen LogP contribution in [0, 0.1) is 0 Å². The molecular weight excluding hydrogens is 356 g/mol. The summed E-state index contributed by atoms with van der Waals surface area (Å²) in [7, 11) is -1.78. The second-order valence-corrected chi connectivity index (χ2v) is 8.68. The van der Waals surface area contributed by atoms with Crippen LogP contribution in [0.2, 0.25) is 0 Å². The molecule has 1 fully saturated rings. The third-order valence-electron chi connectivity index (χ3n) is 4.55. The number of carboxylic acid groups (broad SMARTS) is 1. The summed E-state index contributed by atoms with van der Waals surface area (Å²) >= 11 is 0. The molecule has 1 aromatic rings. The van der Waals surface area contributed by atoms with Gasteiger partial charge in [0.1, 0.15) is 6.04 Å². The number of nitrogens with zero attached hydrogens (tertiary/aromatic N) is 2. The van der Waals surface area contributed by atoms with E-state index in [0.29, 0.717) is 25.9 Å². The SMILES string of the molecule is CCCS(=O)(=O)N1CCCCC1C(=O)N(C)Cc1ccc(C(=O)O)cc1. The molecule has 2 rings (SSSR count). The van der Waals surface area contributed by atoms with Crippen LogP contribution in [0.1, 0.15) is 48.5 Å². The zero-order chi connectivity index (χ0) is 19.3. The van der Waals surface area contributed by atoms with E-state index in [2.05, 4.69) is 0 Å². The Balaban J connectivity index is 2.10. The zero-order valence-electron chi connectivity index (χ0n) is 15.2. The number of carbonyl (C=O) groups excluding carboxylic acids is 1. The Kier molecular flexibility index (Phi) is 6.77. The molecular formula is C18H26N2O5S. The normalized spacial score (nSPS) is 18.5. The second kappa shape index (κ2) is 8.64. The van der Waals surface area contributed by atoms with Gasteiger partial charge in [0.15, 0.2) is 0 Å². The quantitative estimate of drug-likeness (QED) is 0.778. The lowest BCUT2D eigenvalue weighted by Gasteiger charge is -2.35. The number of piperidine rings is 1. The molecule has 1 aliphatic heterocycles. The summed E-state index contributed by atoms with van der Waals surface area (Å²) in [6, 6.07) is 5.67. The minimum Gasteiger partial charge on any atom is -0.478 e. The third-order valence-corrected chi connectivity index (χ3v) is 6.63. The first-order valence-electron chi connectivity index (χ1n) is 8.83. The van der Waals surface area contributed by atoms with Crippen molar-refractivity contribution in [2.45, 2.75) is 45.2 Å². The average molecular weight is 382 g/mol. The van der Waals surface area contributed by atoms with Gasteiger partial charge in [-0.2, -0.15) is 4.31 Å². The number of aromatic carboxylic acids is 1. The molecule has 1 atom stereocenters. The molecule has 26 heavy (non-hydrogen) atoms. The van der Waals surface area contributed by atoms with Crippen LogP contribution in [-0.2, 0) is 21.4 Å². The molecule has 1 aliphatic rings. The van der Waals surface area contributed by atoms with E-state index in [1.54, 1.807) is 19.2 Å². The highest BCUT2D eigenvalue weighted by Gasteiger charge is 2.37. The van der Waals surface area contributed by atoms with E-state index in [1.807, 2.05) is 6.92 Å². The van der Waals surface area contributed by atoms with Crippen LogP contribution in [0.4, 0.5) is 0 Å². The molecule has 0 radical (unpaired) electrons. The summed E-state index contributed by atoms with van der Waals surface area (Å²) in [5.74, 6) is -1.16. The maximum Gasteiger partial charge on any atom is 0.335 e. The molecule has 8 heteroatoms. The van der Waals surface area contributed by atoms with Crippen LogP contribution < -0.4 is 0 Å². The van der Waals surface area contributed by atoms with Gasteiger partial charge in [0, 0.05) is 20.1 Å². The van der Waals surface area contributed by atoms with Crippen molar-refractivity contribution in [3.8, 4) is 0 Å². The van der Waals surface area contributed by atoms with Gasteiger partial charge in [-0.1, -0.05) is 25.5 Å². The van der Waals surface area contributed by atoms with Gasteiger partial charge in [0.2, 0.25) is 15.9 Å². The molecule has 1 aromatic carbocycles. The van der Waals surface area contributed by atoms with Gasteiger partial charge in [0.05, 0.1) is 11.3 Å². The smallest absolute Gasteiger partial charge is 0.335 e. The van der Waals surface area contributed by atoms with Gasteiger partial charge >= 0.3 is 5.97 Å². The number of benzene rings is 1. The number of amides is 1. The first kappa shape index (κ1) is 20.4. The van der Waals surface area contributed by atoms with Crippen molar-refractivity contribution in [1.82, 2.24) is 9.21 Å². The summed E-state index contributed by atoms with van der Waals surface area (Å²) < 4.78 is 26.3. The fourth-order valence-corrected chi connectivity index (χ4v) is 4.96. The van der Waals surface area contributed by atoms with E-state index in [1.165, 1.54) is 21.3 Å². The minimum absolute atomic E-state index is 0.0527. The van der Waals surface area contributed by atoms with E-state index in [-0.39, 0.29) is 17.2 Å². The predicted molar refractivity (Wildman–Crippen MR) is 98.3 cm³/mol. The number of likely N-dealkylation sites (N-methyl/N-ethyl adjacent to an activating group) is 1. The average Bonchev–Trinajstić information content (AvgIpc) is 2.61. The van der Waals surface area contributed by atoms with E-state index >= 15 is 0 Å². The fraction of sp³-hybridized carbons (Fsp3) is 0.556. The van der Waals surface area contributed by atoms with Crippen LogP contribution in [0.25, 0.3) is 0 Å². The van der Waals surface area contributed by atoms with Crippen molar-refractivity contribution in [3.05, 3.63) is 35.4 Å². The number of hydrogen-bond donors (Lipinski definition) is 1. The Labute approximate surface area is 154 Å². The Morgan fingerprint density at radius 3 is 2.46 bits per heavy atom. The topological polar surface area (TPSA) is 95.0 Å². The van der Waals surface area contributed by atoms with Crippen LogP contribution >= 0.6 is 0 Å². The molecule has 144 valence electrons. The summed E-state index contributed by atoms with van der Waals surface area (Å²) in [5.41, 5.74) is 0.983. The van der Waals surface area contributed by atoms with Gasteiger partial charge in [-0.05, 0) is 37.0 Å². The minimum atomic E-state index is -3.43. The monoisotopic (exact) mass is 382 g/mol. The van der Waals surface area contributed by atoms with Gasteiger partial charge in [-0.15, -0.1) is 0 Å². The van der Waals surface area contributed by atoms with Crippen molar-refractivity contribution in [3.63, 3.8) is 0 Å². The zero-order valence-corrected chi connectivity index (χ0v) is 16.0. The first-order valence-corrected chi connectivity index (χ1v) is 10.4. The van der Waals surface area contributed by atoms with Crippen molar-refractivity contribution in [2.75, 3.05) is 19.3 Å². The lowest BCUT2D eigenvalue weighted by Crippen LogP contribution is -2.52. The maximum atomic E-state index is 12.9. The summed E-state index contributed by atoms with van der Waals surface area (Å²) in [5, 5.41) is 8.94. The largest absolute Gasteiger partial charge is 0.478 e. The van der Waals surface area contributed by atoms with Crippen molar-refractivity contribution < 1.29 is 23.1 Å². The highest BCUT2D eigenvalue weighted by Crippen LogP contribution is 2.23. The number of carboxylic acids is 1. The van der Waals surface area contributed by atoms with Crippen molar-refractivity contribution in [2.24, 2.45) is 0 Å². The molecule has 0 bridgehead atoms. The fourth-order valence-electron chi connectivity index (χ4n) is 3.22. The molecule has 0 spiro atoms. The van der Waals surface area contributed by atoms with Crippen molar-refractivity contribution in [1.29, 1.82) is 0 Å². The molecule has 1 heterocycles. The van der Waals surface area contributed by atoms with Crippen LogP contribution in [0.3, 0.4) is 0 Å². The number of sulfonamides is 1. The molecule has 7 nitrogen and oxygen atoms in total. The lowest BCUT2D eigenvalue weighted by molar-refractivity contribution is -0.135. The van der Waals surface area contributed by atoms with E-state index in [9.17, 15) is 18.0 Å². The Bertz CT molecular complexity index is 745. The van der Waals surface area contributed by atoms with Crippen LogP contribution in [0.5, 0.6) is 0 Å². The molecule has 1 unspecified atom stereocenters. The summed E-state index contributed by atoms with van der Waals surface area (Å²) in [6.45, 7) is 2.50. The van der Waals surface area contributed by atoms with Gasteiger partial charge in [-0.3, -0.25) is 4.79 Å². The molecule has 0 aliphatic carbocycles. The number of rotatable bonds is 7. The molecule has 1 amide bonds. The van der Waals surface area contributed by atoms with Gasteiger partial charge in [0.25, 0.3) is 0 Å². The Hall–Kier alpha value is -1.93. The molecule has 0 aromatic heterocycles. The second-order valence-electron chi connectivity index (χ2n) is 6.63. The van der Waals surface area contributed by atoms with Crippen LogP contribution in [-0.4, -0.2) is 60.0 Å². The van der Waals surface area contributed by atoms with Crippen molar-refractivity contribution >= 4 is 21.9 Å². The molecule has 1 saturated heterocycles. The third kappa shape index (κ3) is 4.82. The Morgan fingerprint density at radius 1 is 1.23 bits per heavy atom. The highest BCUT2D eigenvalue weighted by atomic mass is 32.2. The standard InChI is InChI=1S/C18H26N2O5S/c1-3-12-26(24,25)20-11-5-4-6-16(20)17(21)19(2)13-14-7-9-15(10-8-14)18(22)23/h7-10,16H,3-6,11-13H2,1-2H3,(H,22,23). The van der Waals surface area contributed by atoms with Crippen LogP contribution in [0.15, 0.2) is 24.3 Å². The summed E-state index contributed by atoms with van der Waals surface area (Å²) in [4.78, 5) is 25.3. The van der Waals surface area contributed by atoms with E-state index in [0.717, 1.165) is 18.4 Å². The maximum absolute atomic E-state index is 12.9. The highest BCUT2D eigenvalue weighted by molar-refractivity contribution is 7.89. The van der Waals surface area contributed by atoms with Gasteiger partial charge < -0.3 is 10.0 Å². The molecule has 1 N–H and O–H groups in total. The summed E-state index contributed by atoms with van der Waals surface area (Å²) in [6.07, 6.45) is 2.65. The molecule has 0 saturated carbocycles. The van der Waals surface area contributed by atoms with E-state index < -0.39 is 22.0 Å².